The van der Waals surface area contributed by atoms with E-state index in [1.165, 1.54) is 0 Å². The molecule has 0 unspecified atom stereocenters. The highest BCUT2D eigenvalue weighted by Crippen LogP contribution is 2.15. The average Bonchev–Trinajstić information content (AvgIpc) is 2.43. The largest absolute Gasteiger partial charge is 0.355 e. The Morgan fingerprint density at radius 1 is 1.17 bits per heavy atom. The molecule has 0 aliphatic carbocycles. The van der Waals surface area contributed by atoms with Crippen LogP contribution in [0.15, 0.2) is 30.5 Å². The summed E-state index contributed by atoms with van der Waals surface area (Å²) < 4.78 is 0. The Morgan fingerprint density at radius 3 is 2.67 bits per heavy atom. The van der Waals surface area contributed by atoms with Crippen LogP contribution in [0.25, 0.3) is 11.0 Å². The van der Waals surface area contributed by atoms with Gasteiger partial charge >= 0.3 is 0 Å². The van der Waals surface area contributed by atoms with Crippen LogP contribution in [0.5, 0.6) is 0 Å². The summed E-state index contributed by atoms with van der Waals surface area (Å²) >= 11 is 0. The van der Waals surface area contributed by atoms with Gasteiger partial charge in [0.1, 0.15) is 5.82 Å². The van der Waals surface area contributed by atoms with Crippen molar-refractivity contribution in [3.05, 3.63) is 30.5 Å². The van der Waals surface area contributed by atoms with Gasteiger partial charge in [-0.3, -0.25) is 4.98 Å². The van der Waals surface area contributed by atoms with Gasteiger partial charge in [0.15, 0.2) is 0 Å². The van der Waals surface area contributed by atoms with Crippen molar-refractivity contribution in [2.24, 2.45) is 5.73 Å². The van der Waals surface area contributed by atoms with Crippen LogP contribution in [0.4, 0.5) is 5.82 Å². The fourth-order valence-corrected chi connectivity index (χ4v) is 1.99. The van der Waals surface area contributed by atoms with Gasteiger partial charge in [0.2, 0.25) is 0 Å². The van der Waals surface area contributed by atoms with E-state index in [2.05, 4.69) is 21.8 Å². The minimum absolute atomic E-state index is 0.710. The first kappa shape index (κ1) is 12.8. The van der Waals surface area contributed by atoms with Crippen molar-refractivity contribution in [3.8, 4) is 0 Å². The van der Waals surface area contributed by atoms with E-state index in [4.69, 9.17) is 5.73 Å². The third-order valence-electron chi connectivity index (χ3n) is 2.89. The summed E-state index contributed by atoms with van der Waals surface area (Å²) in [5.41, 5.74) is 7.47. The zero-order valence-electron chi connectivity index (χ0n) is 10.8. The molecule has 0 aliphatic heterocycles. The molecule has 0 atom stereocenters. The number of nitrogens with two attached hydrogens (primary N) is 1. The molecular formula is C14H20N4. The number of hydrogen-bond acceptors (Lipinski definition) is 4. The van der Waals surface area contributed by atoms with Crippen molar-refractivity contribution in [1.82, 2.24) is 9.97 Å². The van der Waals surface area contributed by atoms with Crippen molar-refractivity contribution in [2.75, 3.05) is 24.5 Å². The Morgan fingerprint density at radius 2 is 1.94 bits per heavy atom. The summed E-state index contributed by atoms with van der Waals surface area (Å²) in [6, 6.07) is 7.95. The molecule has 0 saturated carbocycles. The number of anilines is 1. The van der Waals surface area contributed by atoms with E-state index in [0.29, 0.717) is 6.54 Å². The molecular weight excluding hydrogens is 224 g/mol. The fourth-order valence-electron chi connectivity index (χ4n) is 1.99. The zero-order chi connectivity index (χ0) is 12.8. The maximum Gasteiger partial charge on any atom is 0.147 e. The molecule has 1 aromatic heterocycles. The highest BCUT2D eigenvalue weighted by molar-refractivity contribution is 5.75. The maximum absolute atomic E-state index is 5.58. The Bertz CT molecular complexity index is 498. The molecule has 0 radical (unpaired) electrons. The summed E-state index contributed by atoms with van der Waals surface area (Å²) in [7, 11) is 0. The lowest BCUT2D eigenvalue weighted by molar-refractivity contribution is 0.712. The van der Waals surface area contributed by atoms with Crippen LogP contribution in [-0.4, -0.2) is 29.6 Å². The molecule has 2 rings (SSSR count). The first-order chi connectivity index (χ1) is 8.85. The average molecular weight is 244 g/mol. The summed E-state index contributed by atoms with van der Waals surface area (Å²) in [5.74, 6) is 0.948. The van der Waals surface area contributed by atoms with Gasteiger partial charge in [0, 0.05) is 13.1 Å². The van der Waals surface area contributed by atoms with Crippen molar-refractivity contribution in [3.63, 3.8) is 0 Å². The van der Waals surface area contributed by atoms with Crippen molar-refractivity contribution >= 4 is 16.9 Å². The monoisotopic (exact) mass is 244 g/mol. The van der Waals surface area contributed by atoms with Crippen LogP contribution in [0.1, 0.15) is 19.8 Å². The van der Waals surface area contributed by atoms with Crippen LogP contribution >= 0.6 is 0 Å². The number of benzene rings is 1. The van der Waals surface area contributed by atoms with Gasteiger partial charge in [0.25, 0.3) is 0 Å². The standard InChI is InChI=1S/C14H20N4/c1-2-9-18(10-5-8-15)14-11-16-12-6-3-4-7-13(12)17-14/h3-4,6-7,11H,2,5,8-10,15H2,1H3. The molecule has 1 heterocycles. The van der Waals surface area contributed by atoms with Crippen molar-refractivity contribution < 1.29 is 0 Å². The first-order valence-corrected chi connectivity index (χ1v) is 6.52. The Labute approximate surface area is 108 Å². The number of rotatable bonds is 6. The molecule has 4 heteroatoms. The zero-order valence-corrected chi connectivity index (χ0v) is 10.8. The molecule has 1 aromatic carbocycles. The summed E-state index contributed by atoms with van der Waals surface area (Å²) in [5, 5.41) is 0. The third-order valence-corrected chi connectivity index (χ3v) is 2.89. The van der Waals surface area contributed by atoms with Gasteiger partial charge in [-0.25, -0.2) is 4.98 Å². The summed E-state index contributed by atoms with van der Waals surface area (Å²) in [6.45, 7) is 4.82. The number of para-hydroxylation sites is 2. The van der Waals surface area contributed by atoms with E-state index in [-0.39, 0.29) is 0 Å². The van der Waals surface area contributed by atoms with Crippen molar-refractivity contribution in [2.45, 2.75) is 19.8 Å². The van der Waals surface area contributed by atoms with E-state index in [1.807, 2.05) is 30.5 Å². The number of fused-ring (bicyclic) bond motifs is 1. The number of hydrogen-bond donors (Lipinski definition) is 1. The quantitative estimate of drug-likeness (QED) is 0.846. The molecule has 2 aromatic rings. The SMILES string of the molecule is CCCN(CCCN)c1cnc2ccccc2n1. The number of aromatic nitrogens is 2. The normalized spacial score (nSPS) is 10.8. The molecule has 4 nitrogen and oxygen atoms in total. The molecule has 18 heavy (non-hydrogen) atoms. The summed E-state index contributed by atoms with van der Waals surface area (Å²) in [6.07, 6.45) is 3.93. The van der Waals surface area contributed by atoms with E-state index >= 15 is 0 Å². The van der Waals surface area contributed by atoms with Gasteiger partial charge in [0.05, 0.1) is 17.2 Å². The second-order valence-electron chi connectivity index (χ2n) is 4.35. The minimum atomic E-state index is 0.710. The van der Waals surface area contributed by atoms with Crippen LogP contribution < -0.4 is 10.6 Å². The molecule has 0 amide bonds. The second-order valence-corrected chi connectivity index (χ2v) is 4.35. The summed E-state index contributed by atoms with van der Waals surface area (Å²) in [4.78, 5) is 11.4. The third kappa shape index (κ3) is 2.96. The molecule has 96 valence electrons. The van der Waals surface area contributed by atoms with Gasteiger partial charge < -0.3 is 10.6 Å². The first-order valence-electron chi connectivity index (χ1n) is 6.52. The van der Waals surface area contributed by atoms with Crippen LogP contribution in [0.2, 0.25) is 0 Å². The van der Waals surface area contributed by atoms with Crippen LogP contribution in [-0.2, 0) is 0 Å². The van der Waals surface area contributed by atoms with E-state index in [9.17, 15) is 0 Å². The van der Waals surface area contributed by atoms with Gasteiger partial charge in [-0.2, -0.15) is 0 Å². The van der Waals surface area contributed by atoms with Gasteiger partial charge in [-0.15, -0.1) is 0 Å². The van der Waals surface area contributed by atoms with Crippen LogP contribution in [0.3, 0.4) is 0 Å². The Hall–Kier alpha value is -1.68. The maximum atomic E-state index is 5.58. The van der Waals surface area contributed by atoms with E-state index in [0.717, 1.165) is 42.8 Å². The highest BCUT2D eigenvalue weighted by atomic mass is 15.2. The molecule has 0 bridgehead atoms. The van der Waals surface area contributed by atoms with Crippen LogP contribution in [0, 0.1) is 0 Å². The minimum Gasteiger partial charge on any atom is -0.355 e. The van der Waals surface area contributed by atoms with Crippen molar-refractivity contribution in [1.29, 1.82) is 0 Å². The predicted octanol–water partition coefficient (Wildman–Crippen LogP) is 2.20. The smallest absolute Gasteiger partial charge is 0.147 e. The molecule has 0 aliphatic rings. The lowest BCUT2D eigenvalue weighted by Crippen LogP contribution is -2.27. The number of nitrogens with zero attached hydrogens (tertiary/aromatic N) is 3. The van der Waals surface area contributed by atoms with E-state index in [1.54, 1.807) is 0 Å². The molecule has 0 fully saturated rings. The molecule has 0 saturated heterocycles. The predicted molar refractivity (Wildman–Crippen MR) is 75.7 cm³/mol. The molecule has 2 N–H and O–H groups in total. The highest BCUT2D eigenvalue weighted by Gasteiger charge is 2.07. The lowest BCUT2D eigenvalue weighted by Gasteiger charge is -2.22. The lowest BCUT2D eigenvalue weighted by atomic mass is 10.3. The molecule has 0 spiro atoms. The van der Waals surface area contributed by atoms with Gasteiger partial charge in [-0.05, 0) is 31.5 Å². The van der Waals surface area contributed by atoms with Gasteiger partial charge in [-0.1, -0.05) is 19.1 Å². The second kappa shape index (κ2) is 6.31. The Kier molecular flexibility index (Phi) is 4.47. The topological polar surface area (TPSA) is 55.0 Å². The Balaban J connectivity index is 2.25. The fraction of sp³-hybridized carbons (Fsp3) is 0.429. The van der Waals surface area contributed by atoms with E-state index < -0.39 is 0 Å².